The lowest BCUT2D eigenvalue weighted by Crippen LogP contribution is -2.37. The van der Waals surface area contributed by atoms with Gasteiger partial charge in [0, 0.05) is 18.8 Å². The van der Waals surface area contributed by atoms with Crippen molar-refractivity contribution in [1.82, 2.24) is 5.32 Å². The smallest absolute Gasteiger partial charge is 0.224 e. The number of fused-ring (bicyclic) bond motifs is 1. The molecule has 144 valence electrons. The third-order valence-corrected chi connectivity index (χ3v) is 5.19. The summed E-state index contributed by atoms with van der Waals surface area (Å²) in [5.41, 5.74) is 3.51. The van der Waals surface area contributed by atoms with Gasteiger partial charge in [0.25, 0.3) is 0 Å². The fourth-order valence-corrected chi connectivity index (χ4v) is 3.73. The van der Waals surface area contributed by atoms with E-state index in [0.717, 1.165) is 30.0 Å². The van der Waals surface area contributed by atoms with Crippen LogP contribution in [0.1, 0.15) is 22.9 Å². The van der Waals surface area contributed by atoms with Gasteiger partial charge in [-0.2, -0.15) is 0 Å². The first-order chi connectivity index (χ1) is 13.7. The SMILES string of the molecule is COc1ccc(CC(=O)NC[C@H](c2ccco2)N2CCc3ccccc32)cc1. The van der Waals surface area contributed by atoms with Crippen LogP contribution in [0, 0.1) is 0 Å². The van der Waals surface area contributed by atoms with Crippen LogP contribution < -0.4 is 15.0 Å². The van der Waals surface area contributed by atoms with Gasteiger partial charge in [-0.1, -0.05) is 30.3 Å². The van der Waals surface area contributed by atoms with Crippen molar-refractivity contribution in [2.75, 3.05) is 25.1 Å². The number of furan rings is 1. The summed E-state index contributed by atoms with van der Waals surface area (Å²) < 4.78 is 10.9. The Balaban J connectivity index is 1.44. The quantitative estimate of drug-likeness (QED) is 0.682. The second-order valence-electron chi connectivity index (χ2n) is 6.93. The van der Waals surface area contributed by atoms with E-state index in [1.807, 2.05) is 36.4 Å². The second kappa shape index (κ2) is 8.21. The van der Waals surface area contributed by atoms with E-state index in [2.05, 4.69) is 34.5 Å². The number of ether oxygens (including phenoxy) is 1. The first kappa shape index (κ1) is 18.2. The van der Waals surface area contributed by atoms with Crippen molar-refractivity contribution in [3.63, 3.8) is 0 Å². The van der Waals surface area contributed by atoms with E-state index in [9.17, 15) is 4.79 Å². The molecule has 1 N–H and O–H groups in total. The van der Waals surface area contributed by atoms with Crippen LogP contribution in [-0.2, 0) is 17.6 Å². The minimum atomic E-state index is -0.0292. The molecule has 5 nitrogen and oxygen atoms in total. The predicted molar refractivity (Wildman–Crippen MR) is 109 cm³/mol. The van der Waals surface area contributed by atoms with Crippen molar-refractivity contribution >= 4 is 11.6 Å². The zero-order valence-corrected chi connectivity index (χ0v) is 15.9. The molecule has 2 aromatic carbocycles. The Morgan fingerprint density at radius 2 is 1.96 bits per heavy atom. The van der Waals surface area contributed by atoms with Crippen LogP contribution in [0.5, 0.6) is 5.75 Å². The van der Waals surface area contributed by atoms with E-state index in [4.69, 9.17) is 9.15 Å². The Morgan fingerprint density at radius 1 is 1.14 bits per heavy atom. The summed E-state index contributed by atoms with van der Waals surface area (Å²) in [6.07, 6.45) is 3.03. The number of anilines is 1. The molecule has 1 aliphatic rings. The van der Waals surface area contributed by atoms with Gasteiger partial charge in [-0.15, -0.1) is 0 Å². The highest BCUT2D eigenvalue weighted by molar-refractivity contribution is 5.78. The standard InChI is InChI=1S/C23H24N2O3/c1-27-19-10-8-17(9-11-19)15-23(26)24-16-21(22-7-4-14-28-22)25-13-12-18-5-2-3-6-20(18)25/h2-11,14,21H,12-13,15-16H2,1H3,(H,24,26)/t21-/m1/s1. The number of carbonyl (C=O) groups excluding carboxylic acids is 1. The molecule has 0 saturated heterocycles. The number of hydrogen-bond acceptors (Lipinski definition) is 4. The fourth-order valence-electron chi connectivity index (χ4n) is 3.73. The van der Waals surface area contributed by atoms with Gasteiger partial charge in [0.1, 0.15) is 17.6 Å². The minimum absolute atomic E-state index is 0.00537. The lowest BCUT2D eigenvalue weighted by Gasteiger charge is -2.29. The van der Waals surface area contributed by atoms with Crippen molar-refractivity contribution < 1.29 is 13.9 Å². The number of para-hydroxylation sites is 1. The Kier molecular flexibility index (Phi) is 5.33. The second-order valence-corrected chi connectivity index (χ2v) is 6.93. The van der Waals surface area contributed by atoms with Crippen molar-refractivity contribution in [3.8, 4) is 5.75 Å². The molecule has 2 heterocycles. The van der Waals surface area contributed by atoms with Crippen LogP contribution in [-0.4, -0.2) is 26.1 Å². The number of hydrogen-bond donors (Lipinski definition) is 1. The molecule has 0 aliphatic carbocycles. The predicted octanol–water partition coefficient (Wildman–Crippen LogP) is 3.75. The lowest BCUT2D eigenvalue weighted by atomic mass is 10.1. The van der Waals surface area contributed by atoms with Gasteiger partial charge in [0.15, 0.2) is 0 Å². The monoisotopic (exact) mass is 376 g/mol. The molecule has 0 fully saturated rings. The average Bonchev–Trinajstić information content (AvgIpc) is 3.40. The molecular weight excluding hydrogens is 352 g/mol. The summed E-state index contributed by atoms with van der Waals surface area (Å²) >= 11 is 0. The first-order valence-corrected chi connectivity index (χ1v) is 9.52. The van der Waals surface area contributed by atoms with Crippen molar-refractivity contribution in [1.29, 1.82) is 0 Å². The number of rotatable bonds is 7. The van der Waals surface area contributed by atoms with Gasteiger partial charge >= 0.3 is 0 Å². The third-order valence-electron chi connectivity index (χ3n) is 5.19. The number of carbonyl (C=O) groups is 1. The van der Waals surface area contributed by atoms with E-state index < -0.39 is 0 Å². The third kappa shape index (κ3) is 3.88. The molecular formula is C23H24N2O3. The molecule has 0 saturated carbocycles. The maximum absolute atomic E-state index is 12.5. The first-order valence-electron chi connectivity index (χ1n) is 9.52. The molecule has 4 rings (SSSR count). The molecule has 1 amide bonds. The summed E-state index contributed by atoms with van der Waals surface area (Å²) in [5, 5.41) is 3.08. The highest BCUT2D eigenvalue weighted by Gasteiger charge is 2.29. The normalized spacial score (nSPS) is 13.8. The van der Waals surface area contributed by atoms with Crippen LogP contribution in [0.25, 0.3) is 0 Å². The Morgan fingerprint density at radius 3 is 2.71 bits per heavy atom. The molecule has 5 heteroatoms. The van der Waals surface area contributed by atoms with Crippen molar-refractivity contribution in [3.05, 3.63) is 83.8 Å². The molecule has 1 aromatic heterocycles. The van der Waals surface area contributed by atoms with E-state index in [1.165, 1.54) is 11.3 Å². The molecule has 1 atom stereocenters. The molecule has 0 unspecified atom stereocenters. The van der Waals surface area contributed by atoms with Gasteiger partial charge in [-0.3, -0.25) is 4.79 Å². The zero-order chi connectivity index (χ0) is 19.3. The summed E-state index contributed by atoms with van der Waals surface area (Å²) in [6.45, 7) is 1.41. The van der Waals surface area contributed by atoms with E-state index in [0.29, 0.717) is 13.0 Å². The largest absolute Gasteiger partial charge is 0.497 e. The summed E-state index contributed by atoms with van der Waals surface area (Å²) in [7, 11) is 1.63. The van der Waals surface area contributed by atoms with E-state index >= 15 is 0 Å². The zero-order valence-electron chi connectivity index (χ0n) is 15.9. The average molecular weight is 376 g/mol. The van der Waals surface area contributed by atoms with Crippen LogP contribution >= 0.6 is 0 Å². The molecule has 0 radical (unpaired) electrons. The lowest BCUT2D eigenvalue weighted by molar-refractivity contribution is -0.120. The van der Waals surface area contributed by atoms with Gasteiger partial charge in [0.05, 0.1) is 19.8 Å². The summed E-state index contributed by atoms with van der Waals surface area (Å²) in [5.74, 6) is 1.64. The van der Waals surface area contributed by atoms with Gasteiger partial charge in [0.2, 0.25) is 5.91 Å². The molecule has 28 heavy (non-hydrogen) atoms. The Bertz CT molecular complexity index is 919. The van der Waals surface area contributed by atoms with Gasteiger partial charge < -0.3 is 19.4 Å². The summed E-state index contributed by atoms with van der Waals surface area (Å²) in [6, 6.07) is 19.8. The number of benzene rings is 2. The number of methoxy groups -OCH3 is 1. The van der Waals surface area contributed by atoms with Crippen LogP contribution in [0.4, 0.5) is 5.69 Å². The van der Waals surface area contributed by atoms with Crippen LogP contribution in [0.3, 0.4) is 0 Å². The van der Waals surface area contributed by atoms with E-state index in [1.54, 1.807) is 13.4 Å². The van der Waals surface area contributed by atoms with Crippen molar-refractivity contribution in [2.24, 2.45) is 0 Å². The highest BCUT2D eigenvalue weighted by Crippen LogP contribution is 2.34. The maximum Gasteiger partial charge on any atom is 0.224 e. The van der Waals surface area contributed by atoms with Crippen molar-refractivity contribution in [2.45, 2.75) is 18.9 Å². The Hall–Kier alpha value is -3.21. The molecule has 0 spiro atoms. The van der Waals surface area contributed by atoms with Gasteiger partial charge in [-0.25, -0.2) is 0 Å². The topological polar surface area (TPSA) is 54.7 Å². The fraction of sp³-hybridized carbons (Fsp3) is 0.261. The number of nitrogens with zero attached hydrogens (tertiary/aromatic N) is 1. The molecule has 3 aromatic rings. The molecule has 1 aliphatic heterocycles. The number of amides is 1. The number of nitrogens with one attached hydrogen (secondary N) is 1. The molecule has 0 bridgehead atoms. The van der Waals surface area contributed by atoms with E-state index in [-0.39, 0.29) is 11.9 Å². The van der Waals surface area contributed by atoms with Crippen LogP contribution in [0.2, 0.25) is 0 Å². The highest BCUT2D eigenvalue weighted by atomic mass is 16.5. The van der Waals surface area contributed by atoms with Crippen LogP contribution in [0.15, 0.2) is 71.3 Å². The Labute approximate surface area is 164 Å². The minimum Gasteiger partial charge on any atom is -0.497 e. The maximum atomic E-state index is 12.5. The summed E-state index contributed by atoms with van der Waals surface area (Å²) in [4.78, 5) is 14.8. The van der Waals surface area contributed by atoms with Gasteiger partial charge in [-0.05, 0) is 47.9 Å².